The highest BCUT2D eigenvalue weighted by molar-refractivity contribution is 5.52. The average Bonchev–Trinajstić information content (AvgIpc) is 2.96. The van der Waals surface area contributed by atoms with Crippen LogP contribution in [0.4, 0.5) is 0 Å². The number of ether oxygens (including phenoxy) is 1. The zero-order valence-corrected chi connectivity index (χ0v) is 12.0. The van der Waals surface area contributed by atoms with E-state index in [1.807, 2.05) is 62.4 Å². The maximum absolute atomic E-state index is 5.62. The van der Waals surface area contributed by atoms with Gasteiger partial charge in [0.15, 0.2) is 6.61 Å². The predicted octanol–water partition coefficient (Wildman–Crippen LogP) is 3.93. The lowest BCUT2D eigenvalue weighted by atomic mass is 10.1. The van der Waals surface area contributed by atoms with Gasteiger partial charge in [0.25, 0.3) is 5.89 Å². The van der Waals surface area contributed by atoms with Gasteiger partial charge in [-0.25, -0.2) is 0 Å². The molecule has 0 N–H and O–H groups in total. The molecule has 0 saturated carbocycles. The first-order chi connectivity index (χ1) is 10.2. The Hall–Kier alpha value is -2.62. The molecule has 0 bridgehead atoms. The number of rotatable bonds is 4. The fourth-order valence-electron chi connectivity index (χ4n) is 1.90. The third-order valence-corrected chi connectivity index (χ3v) is 3.15. The summed E-state index contributed by atoms with van der Waals surface area (Å²) in [5.41, 5.74) is 3.30. The van der Waals surface area contributed by atoms with E-state index in [0.29, 0.717) is 11.8 Å². The van der Waals surface area contributed by atoms with Crippen LogP contribution in [0.2, 0.25) is 0 Å². The summed E-state index contributed by atoms with van der Waals surface area (Å²) in [5, 5.41) is 8.05. The molecule has 0 spiro atoms. The Labute approximate surface area is 123 Å². The smallest absolute Gasteiger partial charge is 0.254 e. The maximum atomic E-state index is 5.62. The Bertz CT molecular complexity index is 715. The molecule has 4 heteroatoms. The maximum Gasteiger partial charge on any atom is 0.254 e. The summed E-state index contributed by atoms with van der Waals surface area (Å²) in [7, 11) is 0. The minimum absolute atomic E-state index is 0.266. The van der Waals surface area contributed by atoms with E-state index in [-0.39, 0.29) is 6.61 Å². The van der Waals surface area contributed by atoms with Crippen LogP contribution in [0.15, 0.2) is 52.9 Å². The monoisotopic (exact) mass is 280 g/mol. The van der Waals surface area contributed by atoms with Crippen LogP contribution in [0, 0.1) is 13.8 Å². The van der Waals surface area contributed by atoms with Gasteiger partial charge in [0.1, 0.15) is 5.75 Å². The zero-order chi connectivity index (χ0) is 14.7. The van der Waals surface area contributed by atoms with Crippen molar-refractivity contribution in [3.63, 3.8) is 0 Å². The predicted molar refractivity (Wildman–Crippen MR) is 80.0 cm³/mol. The summed E-state index contributed by atoms with van der Waals surface area (Å²) in [6.45, 7) is 4.34. The standard InChI is InChI=1S/C17H16N2O2/c1-12-3-7-14(8-4-12)17-19-18-16(21-17)11-20-15-9-5-13(2)6-10-15/h3-10H,11H2,1-2H3. The van der Waals surface area contributed by atoms with Crippen LogP contribution in [-0.2, 0) is 6.61 Å². The summed E-state index contributed by atoms with van der Waals surface area (Å²) in [6, 6.07) is 15.8. The molecule has 21 heavy (non-hydrogen) atoms. The highest BCUT2D eigenvalue weighted by Gasteiger charge is 2.08. The normalized spacial score (nSPS) is 10.6. The number of benzene rings is 2. The third-order valence-electron chi connectivity index (χ3n) is 3.15. The van der Waals surface area contributed by atoms with Crippen LogP contribution >= 0.6 is 0 Å². The molecule has 1 aromatic heterocycles. The first-order valence-corrected chi connectivity index (χ1v) is 6.79. The van der Waals surface area contributed by atoms with Gasteiger partial charge in [-0.2, -0.15) is 0 Å². The number of hydrogen-bond acceptors (Lipinski definition) is 4. The molecule has 1 heterocycles. The van der Waals surface area contributed by atoms with Crippen molar-refractivity contribution in [3.05, 3.63) is 65.5 Å². The van der Waals surface area contributed by atoms with Gasteiger partial charge in [-0.3, -0.25) is 0 Å². The second-order valence-electron chi connectivity index (χ2n) is 4.97. The van der Waals surface area contributed by atoms with Crippen LogP contribution < -0.4 is 4.74 Å². The van der Waals surface area contributed by atoms with E-state index in [1.54, 1.807) is 0 Å². The van der Waals surface area contributed by atoms with Gasteiger partial charge in [0.05, 0.1) is 0 Å². The third kappa shape index (κ3) is 3.28. The SMILES string of the molecule is Cc1ccc(OCc2nnc(-c3ccc(C)cc3)o2)cc1. The fraction of sp³-hybridized carbons (Fsp3) is 0.176. The Morgan fingerprint density at radius 1 is 0.857 bits per heavy atom. The van der Waals surface area contributed by atoms with E-state index in [4.69, 9.17) is 9.15 Å². The van der Waals surface area contributed by atoms with Gasteiger partial charge in [-0.05, 0) is 38.1 Å². The molecule has 4 nitrogen and oxygen atoms in total. The summed E-state index contributed by atoms with van der Waals surface area (Å²) in [5.74, 6) is 1.76. The molecule has 0 saturated heterocycles. The van der Waals surface area contributed by atoms with Crippen LogP contribution in [0.5, 0.6) is 5.75 Å². The fourth-order valence-corrected chi connectivity index (χ4v) is 1.90. The van der Waals surface area contributed by atoms with Gasteiger partial charge < -0.3 is 9.15 Å². The highest BCUT2D eigenvalue weighted by atomic mass is 16.5. The molecule has 3 aromatic rings. The van der Waals surface area contributed by atoms with Crippen molar-refractivity contribution >= 4 is 0 Å². The zero-order valence-electron chi connectivity index (χ0n) is 12.0. The number of hydrogen-bond donors (Lipinski definition) is 0. The molecule has 0 aliphatic heterocycles. The molecule has 0 aliphatic rings. The molecule has 0 unspecified atom stereocenters. The minimum Gasteiger partial charge on any atom is -0.484 e. The lowest BCUT2D eigenvalue weighted by Crippen LogP contribution is -1.95. The number of aromatic nitrogens is 2. The first kappa shape index (κ1) is 13.4. The summed E-state index contributed by atoms with van der Waals surface area (Å²) in [4.78, 5) is 0. The van der Waals surface area contributed by atoms with E-state index in [9.17, 15) is 0 Å². The van der Waals surface area contributed by atoms with Crippen molar-refractivity contribution in [2.24, 2.45) is 0 Å². The van der Waals surface area contributed by atoms with Gasteiger partial charge in [0.2, 0.25) is 5.89 Å². The molecular formula is C17H16N2O2. The summed E-state index contributed by atoms with van der Waals surface area (Å²) >= 11 is 0. The quantitative estimate of drug-likeness (QED) is 0.726. The van der Waals surface area contributed by atoms with Crippen molar-refractivity contribution < 1.29 is 9.15 Å². The number of nitrogens with zero attached hydrogens (tertiary/aromatic N) is 2. The van der Waals surface area contributed by atoms with Gasteiger partial charge >= 0.3 is 0 Å². The van der Waals surface area contributed by atoms with Crippen LogP contribution in [0.25, 0.3) is 11.5 Å². The van der Waals surface area contributed by atoms with Crippen LogP contribution in [0.1, 0.15) is 17.0 Å². The van der Waals surface area contributed by atoms with E-state index in [0.717, 1.165) is 11.3 Å². The van der Waals surface area contributed by atoms with Gasteiger partial charge in [-0.1, -0.05) is 35.4 Å². The lowest BCUT2D eigenvalue weighted by Gasteiger charge is -2.02. The summed E-state index contributed by atoms with van der Waals surface area (Å²) in [6.07, 6.45) is 0. The second kappa shape index (κ2) is 5.79. The van der Waals surface area contributed by atoms with E-state index >= 15 is 0 Å². The highest BCUT2D eigenvalue weighted by Crippen LogP contribution is 2.19. The molecule has 0 radical (unpaired) electrons. The second-order valence-corrected chi connectivity index (χ2v) is 4.97. The Kier molecular flexibility index (Phi) is 3.69. The van der Waals surface area contributed by atoms with Gasteiger partial charge in [-0.15, -0.1) is 10.2 Å². The molecular weight excluding hydrogens is 264 g/mol. The van der Waals surface area contributed by atoms with Crippen LogP contribution in [0.3, 0.4) is 0 Å². The molecule has 0 amide bonds. The molecule has 0 fully saturated rings. The van der Waals surface area contributed by atoms with Crippen molar-refractivity contribution in [1.82, 2.24) is 10.2 Å². The largest absolute Gasteiger partial charge is 0.484 e. The summed E-state index contributed by atoms with van der Waals surface area (Å²) < 4.78 is 11.2. The Morgan fingerprint density at radius 3 is 2.14 bits per heavy atom. The minimum atomic E-state index is 0.266. The van der Waals surface area contributed by atoms with Crippen molar-refractivity contribution in [2.75, 3.05) is 0 Å². The molecule has 2 aromatic carbocycles. The topological polar surface area (TPSA) is 48.2 Å². The van der Waals surface area contributed by atoms with Gasteiger partial charge in [0, 0.05) is 5.56 Å². The lowest BCUT2D eigenvalue weighted by molar-refractivity contribution is 0.264. The average molecular weight is 280 g/mol. The Balaban J connectivity index is 1.67. The van der Waals surface area contributed by atoms with E-state index in [1.165, 1.54) is 11.1 Å². The molecule has 3 rings (SSSR count). The van der Waals surface area contributed by atoms with Crippen molar-refractivity contribution in [2.45, 2.75) is 20.5 Å². The number of aryl methyl sites for hydroxylation is 2. The van der Waals surface area contributed by atoms with Crippen molar-refractivity contribution in [1.29, 1.82) is 0 Å². The Morgan fingerprint density at radius 2 is 1.48 bits per heavy atom. The van der Waals surface area contributed by atoms with E-state index in [2.05, 4.69) is 10.2 Å². The molecule has 106 valence electrons. The van der Waals surface area contributed by atoms with Crippen LogP contribution in [-0.4, -0.2) is 10.2 Å². The molecule has 0 aliphatic carbocycles. The van der Waals surface area contributed by atoms with Crippen molar-refractivity contribution in [3.8, 4) is 17.2 Å². The first-order valence-electron chi connectivity index (χ1n) is 6.79. The molecule has 0 atom stereocenters. The van der Waals surface area contributed by atoms with E-state index < -0.39 is 0 Å².